The van der Waals surface area contributed by atoms with Gasteiger partial charge in [0.2, 0.25) is 3.55 Å². The summed E-state index contributed by atoms with van der Waals surface area (Å²) in [5.74, 6) is -0.127. The average Bonchev–Trinajstić information content (AvgIpc) is 2.59. The molecular weight excluding hydrogens is 301 g/mol. The zero-order chi connectivity index (χ0) is 10.3. The molecule has 0 aliphatic carbocycles. The summed E-state index contributed by atoms with van der Waals surface area (Å²) in [5, 5.41) is 8.25. The number of hydrogen-bond donors (Lipinski definition) is 2. The van der Waals surface area contributed by atoms with Crippen molar-refractivity contribution in [1.29, 1.82) is 0 Å². The summed E-state index contributed by atoms with van der Waals surface area (Å²) in [6.45, 7) is 1.74. The summed E-state index contributed by atoms with van der Waals surface area (Å²) in [5.41, 5.74) is 0.657. The zero-order valence-electron chi connectivity index (χ0n) is 7.13. The van der Waals surface area contributed by atoms with Gasteiger partial charge in [-0.15, -0.1) is 0 Å². The number of aryl methyl sites for hydroxylation is 1. The van der Waals surface area contributed by atoms with Crippen LogP contribution in [0.25, 0.3) is 0 Å². The van der Waals surface area contributed by atoms with Crippen LogP contribution < -0.4 is 10.6 Å². The summed E-state index contributed by atoms with van der Waals surface area (Å²) in [7, 11) is 0. The molecule has 2 heterocycles. The molecule has 1 aromatic heterocycles. The molecule has 6 nitrogen and oxygen atoms in total. The fraction of sp³-hybridized carbons (Fsp3) is 0.286. The number of aromatic nitrogens is 1. The summed E-state index contributed by atoms with van der Waals surface area (Å²) in [6.07, 6.45) is 0. The summed E-state index contributed by atoms with van der Waals surface area (Å²) < 4.78 is 3.77. The van der Waals surface area contributed by atoms with Crippen molar-refractivity contribution in [3.05, 3.63) is 17.5 Å². The first-order valence-corrected chi connectivity index (χ1v) is 4.86. The summed E-state index contributed by atoms with van der Waals surface area (Å²) >= 11 is 1.81. The molecular formula is C7H6IN3O3. The molecule has 7 heteroatoms. The van der Waals surface area contributed by atoms with Gasteiger partial charge in [-0.3, -0.25) is 10.1 Å². The van der Waals surface area contributed by atoms with Crippen LogP contribution >= 0.6 is 22.6 Å². The van der Waals surface area contributed by atoms with Crippen LogP contribution in [0, 0.1) is 6.92 Å². The van der Waals surface area contributed by atoms with Gasteiger partial charge in [-0.2, -0.15) is 0 Å². The van der Waals surface area contributed by atoms with Crippen molar-refractivity contribution in [2.45, 2.75) is 10.5 Å². The lowest BCUT2D eigenvalue weighted by Crippen LogP contribution is -2.36. The van der Waals surface area contributed by atoms with Crippen LogP contribution in [0.2, 0.25) is 0 Å². The second kappa shape index (κ2) is 2.94. The number of urea groups is 1. The van der Waals surface area contributed by atoms with Crippen molar-refractivity contribution in [1.82, 2.24) is 15.8 Å². The summed E-state index contributed by atoms with van der Waals surface area (Å²) in [6, 6.07) is 1.08. The molecule has 74 valence electrons. The van der Waals surface area contributed by atoms with Crippen molar-refractivity contribution in [3.63, 3.8) is 0 Å². The Hall–Kier alpha value is -1.12. The number of imide groups is 1. The Labute approximate surface area is 92.5 Å². The topological polar surface area (TPSA) is 84.2 Å². The van der Waals surface area contributed by atoms with E-state index in [1.165, 1.54) is 0 Å². The highest BCUT2D eigenvalue weighted by molar-refractivity contribution is 14.1. The van der Waals surface area contributed by atoms with Gasteiger partial charge < -0.3 is 9.84 Å². The Morgan fingerprint density at radius 3 is 2.71 bits per heavy atom. The molecule has 1 fully saturated rings. The average molecular weight is 307 g/mol. The van der Waals surface area contributed by atoms with Crippen LogP contribution in [0.4, 0.5) is 4.79 Å². The Morgan fingerprint density at radius 2 is 2.29 bits per heavy atom. The number of carbonyl (C=O) groups excluding carboxylic acids is 2. The van der Waals surface area contributed by atoms with E-state index in [4.69, 9.17) is 4.52 Å². The summed E-state index contributed by atoms with van der Waals surface area (Å²) in [4.78, 5) is 22.4. The lowest BCUT2D eigenvalue weighted by Gasteiger charge is -2.13. The van der Waals surface area contributed by atoms with Gasteiger partial charge in [0.25, 0.3) is 5.91 Å². The Bertz CT molecular complexity index is 416. The van der Waals surface area contributed by atoms with Crippen molar-refractivity contribution in [2.24, 2.45) is 0 Å². The number of nitrogens with zero attached hydrogens (tertiary/aromatic N) is 1. The number of rotatable bonds is 1. The van der Waals surface area contributed by atoms with Gasteiger partial charge in [0.1, 0.15) is 0 Å². The van der Waals surface area contributed by atoms with Crippen molar-refractivity contribution < 1.29 is 14.1 Å². The van der Waals surface area contributed by atoms with Crippen LogP contribution in [-0.4, -0.2) is 17.1 Å². The maximum Gasteiger partial charge on any atom is 0.323 e. The van der Waals surface area contributed by atoms with E-state index < -0.39 is 15.5 Å². The maximum atomic E-state index is 11.4. The van der Waals surface area contributed by atoms with Gasteiger partial charge >= 0.3 is 6.03 Å². The third-order valence-electron chi connectivity index (χ3n) is 1.79. The molecule has 0 unspecified atom stereocenters. The first-order valence-electron chi connectivity index (χ1n) is 3.78. The highest BCUT2D eigenvalue weighted by atomic mass is 127. The first-order chi connectivity index (χ1) is 6.52. The van der Waals surface area contributed by atoms with E-state index in [0.717, 1.165) is 0 Å². The lowest BCUT2D eigenvalue weighted by atomic mass is 10.2. The Morgan fingerprint density at radius 1 is 1.57 bits per heavy atom. The highest BCUT2D eigenvalue weighted by Gasteiger charge is 2.48. The van der Waals surface area contributed by atoms with Gasteiger partial charge in [0.05, 0.1) is 5.69 Å². The van der Waals surface area contributed by atoms with Crippen molar-refractivity contribution >= 4 is 34.5 Å². The van der Waals surface area contributed by atoms with Crippen LogP contribution in [0.1, 0.15) is 11.5 Å². The van der Waals surface area contributed by atoms with Gasteiger partial charge in [0.15, 0.2) is 5.76 Å². The molecule has 14 heavy (non-hydrogen) atoms. The van der Waals surface area contributed by atoms with Gasteiger partial charge in [-0.25, -0.2) is 4.79 Å². The molecule has 0 saturated carbocycles. The van der Waals surface area contributed by atoms with Crippen LogP contribution in [0.3, 0.4) is 0 Å². The second-order valence-electron chi connectivity index (χ2n) is 2.90. The number of carbonyl (C=O) groups is 2. The van der Waals surface area contributed by atoms with E-state index in [-0.39, 0.29) is 0 Å². The Kier molecular flexibility index (Phi) is 1.98. The minimum Gasteiger partial charge on any atom is -0.357 e. The fourth-order valence-corrected chi connectivity index (χ4v) is 1.77. The van der Waals surface area contributed by atoms with E-state index in [1.54, 1.807) is 13.0 Å². The largest absolute Gasteiger partial charge is 0.357 e. The molecule has 0 aromatic carbocycles. The molecule has 2 rings (SSSR count). The molecule has 1 aliphatic rings. The molecule has 3 amide bonds. The molecule has 1 saturated heterocycles. The normalized spacial score (nSPS) is 26.1. The second-order valence-corrected chi connectivity index (χ2v) is 4.52. The minimum absolute atomic E-state index is 0.318. The number of alkyl halides is 1. The predicted octanol–water partition coefficient (Wildman–Crippen LogP) is 0.410. The van der Waals surface area contributed by atoms with E-state index in [0.29, 0.717) is 11.5 Å². The number of halogens is 1. The van der Waals surface area contributed by atoms with E-state index >= 15 is 0 Å². The van der Waals surface area contributed by atoms with Gasteiger partial charge in [-0.05, 0) is 29.5 Å². The standard InChI is InChI=1S/C7H6IN3O3/c1-3-2-4(14-11-3)7(8)5(12)9-6(13)10-7/h2H,1H3,(H2,9,10,12,13)/t7-/m0/s1. The zero-order valence-corrected chi connectivity index (χ0v) is 9.28. The molecule has 0 radical (unpaired) electrons. The quantitative estimate of drug-likeness (QED) is 0.341. The lowest BCUT2D eigenvalue weighted by molar-refractivity contribution is -0.121. The van der Waals surface area contributed by atoms with Crippen LogP contribution in [0.5, 0.6) is 0 Å². The van der Waals surface area contributed by atoms with E-state index in [1.807, 2.05) is 22.6 Å². The maximum absolute atomic E-state index is 11.4. The van der Waals surface area contributed by atoms with Crippen molar-refractivity contribution in [2.75, 3.05) is 0 Å². The number of hydrogen-bond acceptors (Lipinski definition) is 4. The van der Waals surface area contributed by atoms with E-state index in [9.17, 15) is 9.59 Å². The third-order valence-corrected chi connectivity index (χ3v) is 3.08. The van der Waals surface area contributed by atoms with Gasteiger partial charge in [-0.1, -0.05) is 5.16 Å². The fourth-order valence-electron chi connectivity index (χ4n) is 1.13. The minimum atomic E-state index is -1.17. The number of amides is 3. The van der Waals surface area contributed by atoms with Crippen LogP contribution in [0.15, 0.2) is 10.6 Å². The first kappa shape index (κ1) is 9.44. The molecule has 2 N–H and O–H groups in total. The molecule has 1 aliphatic heterocycles. The molecule has 0 spiro atoms. The number of nitrogens with one attached hydrogen (secondary N) is 2. The molecule has 1 aromatic rings. The van der Waals surface area contributed by atoms with Crippen LogP contribution in [-0.2, 0) is 8.34 Å². The van der Waals surface area contributed by atoms with E-state index in [2.05, 4.69) is 15.8 Å². The molecule has 0 bridgehead atoms. The monoisotopic (exact) mass is 307 g/mol. The van der Waals surface area contributed by atoms with Gasteiger partial charge in [0, 0.05) is 6.07 Å². The SMILES string of the molecule is Cc1cc([C@]2(I)NC(=O)NC2=O)on1. The van der Waals surface area contributed by atoms with Crippen molar-refractivity contribution in [3.8, 4) is 0 Å². The third kappa shape index (κ3) is 1.27. The molecule has 1 atom stereocenters. The smallest absolute Gasteiger partial charge is 0.323 e. The predicted molar refractivity (Wildman–Crippen MR) is 53.6 cm³/mol. The Balaban J connectivity index is 2.42. The highest BCUT2D eigenvalue weighted by Crippen LogP contribution is 2.32.